The van der Waals surface area contributed by atoms with Crippen molar-refractivity contribution in [2.75, 3.05) is 0 Å². The molecule has 2 atom stereocenters. The summed E-state index contributed by atoms with van der Waals surface area (Å²) in [7, 11) is 0. The molecule has 0 nitrogen and oxygen atoms in total. The van der Waals surface area contributed by atoms with Crippen molar-refractivity contribution in [3.63, 3.8) is 0 Å². The molecule has 0 saturated heterocycles. The van der Waals surface area contributed by atoms with Crippen molar-refractivity contribution >= 4 is 11.1 Å². The molecule has 7 aromatic carbocycles. The number of hydrogen-bond donors (Lipinski definition) is 0. The summed E-state index contributed by atoms with van der Waals surface area (Å²) in [6.07, 6.45) is 15.3. The van der Waals surface area contributed by atoms with E-state index in [0.29, 0.717) is 0 Å². The Hall–Kier alpha value is -7.02. The molecule has 7 aromatic rings. The molecule has 0 N–H and O–H groups in total. The van der Waals surface area contributed by atoms with Crippen molar-refractivity contribution in [3.05, 3.63) is 263 Å². The molecule has 0 spiro atoms. The van der Waals surface area contributed by atoms with Gasteiger partial charge in [0, 0.05) is 11.8 Å². The zero-order valence-corrected chi connectivity index (χ0v) is 37.2. The van der Waals surface area contributed by atoms with Gasteiger partial charge in [-0.05, 0) is 176 Å². The highest BCUT2D eigenvalue weighted by Crippen LogP contribution is 2.50. The lowest BCUT2D eigenvalue weighted by molar-refractivity contribution is 0.811. The maximum absolute atomic E-state index is 4.98. The molecule has 2 unspecified atom stereocenters. The van der Waals surface area contributed by atoms with Crippen LogP contribution in [0.5, 0.6) is 0 Å². The van der Waals surface area contributed by atoms with Crippen LogP contribution in [-0.2, 0) is 0 Å². The second-order valence-electron chi connectivity index (χ2n) is 17.4. The first-order chi connectivity index (χ1) is 30.7. The van der Waals surface area contributed by atoms with Crippen molar-refractivity contribution in [1.29, 1.82) is 0 Å². The molecule has 2 aliphatic carbocycles. The largest absolute Gasteiger partial charge is 0.0949 e. The summed E-state index contributed by atoms with van der Waals surface area (Å²) in [6.45, 7) is 19.0. The van der Waals surface area contributed by atoms with Crippen LogP contribution in [0.2, 0.25) is 0 Å². The molecule has 63 heavy (non-hydrogen) atoms. The summed E-state index contributed by atoms with van der Waals surface area (Å²) in [5.41, 5.74) is 24.7. The van der Waals surface area contributed by atoms with Gasteiger partial charge in [0.25, 0.3) is 0 Å². The second kappa shape index (κ2) is 18.1. The summed E-state index contributed by atoms with van der Waals surface area (Å²) in [5.74, 6) is 0.0235. The third-order valence-electron chi connectivity index (χ3n) is 13.3. The van der Waals surface area contributed by atoms with Gasteiger partial charge in [-0.15, -0.1) is 0 Å². The lowest BCUT2D eigenvalue weighted by atomic mass is 9.71. The molecule has 0 aromatic heterocycles. The number of fused-ring (bicyclic) bond motifs is 1. The van der Waals surface area contributed by atoms with E-state index in [0.717, 1.165) is 41.5 Å². The number of benzene rings is 7. The topological polar surface area (TPSA) is 0 Å². The van der Waals surface area contributed by atoms with E-state index in [-0.39, 0.29) is 11.8 Å². The van der Waals surface area contributed by atoms with Crippen molar-refractivity contribution in [2.24, 2.45) is 0 Å². The first-order valence-electron chi connectivity index (χ1n) is 22.5. The number of hydrogen-bond acceptors (Lipinski definition) is 0. The van der Waals surface area contributed by atoms with Gasteiger partial charge in [-0.2, -0.15) is 0 Å². The fraction of sp³-hybridized carbons (Fsp3) is 0.143. The molecular formula is C63H56. The molecular weight excluding hydrogens is 757 g/mol. The van der Waals surface area contributed by atoms with E-state index >= 15 is 0 Å². The van der Waals surface area contributed by atoms with Crippen LogP contribution in [0.4, 0.5) is 0 Å². The van der Waals surface area contributed by atoms with Gasteiger partial charge in [0.05, 0.1) is 0 Å². The molecule has 0 saturated carbocycles. The molecule has 0 heteroatoms. The van der Waals surface area contributed by atoms with Gasteiger partial charge in [-0.25, -0.2) is 0 Å². The fourth-order valence-electron chi connectivity index (χ4n) is 9.99. The van der Waals surface area contributed by atoms with Gasteiger partial charge < -0.3 is 0 Å². The molecule has 0 radical (unpaired) electrons. The van der Waals surface area contributed by atoms with Crippen LogP contribution in [-0.4, -0.2) is 0 Å². The normalized spacial score (nSPS) is 15.2. The van der Waals surface area contributed by atoms with Gasteiger partial charge >= 0.3 is 0 Å². The third-order valence-corrected chi connectivity index (χ3v) is 13.3. The monoisotopic (exact) mass is 812 g/mol. The highest BCUT2D eigenvalue weighted by Gasteiger charge is 2.31. The van der Waals surface area contributed by atoms with E-state index in [1.54, 1.807) is 0 Å². The van der Waals surface area contributed by atoms with Crippen LogP contribution in [0.15, 0.2) is 224 Å². The zero-order chi connectivity index (χ0) is 43.5. The predicted octanol–water partition coefficient (Wildman–Crippen LogP) is 17.4. The minimum Gasteiger partial charge on any atom is -0.0949 e. The molecule has 9 rings (SSSR count). The summed E-state index contributed by atoms with van der Waals surface area (Å²) < 4.78 is 0. The fourth-order valence-corrected chi connectivity index (χ4v) is 9.99. The van der Waals surface area contributed by atoms with Crippen LogP contribution in [0, 0.1) is 20.8 Å². The van der Waals surface area contributed by atoms with Gasteiger partial charge in [0.15, 0.2) is 0 Å². The lowest BCUT2D eigenvalue weighted by Crippen LogP contribution is -2.13. The minimum absolute atomic E-state index is 0.211. The Morgan fingerprint density at radius 1 is 0.603 bits per heavy atom. The van der Waals surface area contributed by atoms with Crippen molar-refractivity contribution in [3.8, 4) is 44.5 Å². The molecule has 2 aliphatic rings. The van der Waals surface area contributed by atoms with Gasteiger partial charge in [-0.3, -0.25) is 0 Å². The first-order valence-corrected chi connectivity index (χ1v) is 22.5. The number of allylic oxidation sites excluding steroid dienone is 10. The van der Waals surface area contributed by atoms with Crippen LogP contribution in [0.1, 0.15) is 77.0 Å². The maximum atomic E-state index is 4.98. The average molecular weight is 813 g/mol. The van der Waals surface area contributed by atoms with E-state index in [1.165, 1.54) is 89.0 Å². The van der Waals surface area contributed by atoms with E-state index in [4.69, 9.17) is 13.2 Å². The lowest BCUT2D eigenvalue weighted by Gasteiger charge is -2.32. The highest BCUT2D eigenvalue weighted by atomic mass is 14.3. The molecule has 0 heterocycles. The van der Waals surface area contributed by atoms with Crippen molar-refractivity contribution in [2.45, 2.75) is 58.8 Å². The van der Waals surface area contributed by atoms with Crippen LogP contribution in [0.3, 0.4) is 0 Å². The number of rotatable bonds is 11. The van der Waals surface area contributed by atoms with Crippen molar-refractivity contribution < 1.29 is 0 Å². The third kappa shape index (κ3) is 8.47. The Labute approximate surface area is 375 Å². The van der Waals surface area contributed by atoms with Crippen molar-refractivity contribution in [1.82, 2.24) is 0 Å². The highest BCUT2D eigenvalue weighted by molar-refractivity contribution is 5.89. The van der Waals surface area contributed by atoms with Gasteiger partial charge in [-0.1, -0.05) is 189 Å². The van der Waals surface area contributed by atoms with Crippen LogP contribution < -0.4 is 0 Å². The minimum atomic E-state index is -0.211. The van der Waals surface area contributed by atoms with Gasteiger partial charge in [0.1, 0.15) is 0 Å². The van der Waals surface area contributed by atoms with Crippen LogP contribution in [0.25, 0.3) is 55.7 Å². The summed E-state index contributed by atoms with van der Waals surface area (Å²) in [4.78, 5) is 0. The van der Waals surface area contributed by atoms with E-state index < -0.39 is 0 Å². The van der Waals surface area contributed by atoms with E-state index in [1.807, 2.05) is 0 Å². The molecule has 0 fully saturated rings. The molecule has 0 amide bonds. The smallest absolute Gasteiger partial charge is 0.0343 e. The van der Waals surface area contributed by atoms with Crippen LogP contribution >= 0.6 is 0 Å². The van der Waals surface area contributed by atoms with Gasteiger partial charge in [0.2, 0.25) is 0 Å². The average Bonchev–Trinajstić information content (AvgIpc) is 3.33. The van der Waals surface area contributed by atoms with E-state index in [9.17, 15) is 0 Å². The molecule has 308 valence electrons. The summed E-state index contributed by atoms with van der Waals surface area (Å²) >= 11 is 0. The number of aryl methyl sites for hydroxylation is 2. The molecule has 0 aliphatic heterocycles. The van der Waals surface area contributed by atoms with E-state index in [2.05, 4.69) is 222 Å². The first kappa shape index (κ1) is 41.3. The SMILES string of the molecule is C=C(/C=C(\C)c1cccc(-c2cccc(-c3ccccc3)c2)c1)C(C(=C)c1ccccc1)c1c(-c2ccccc2C)cc(C2C=C3C=CCCC3=CC2)c(-c2ccccc2C)c1C. The zero-order valence-electron chi connectivity index (χ0n) is 37.2. The predicted molar refractivity (Wildman–Crippen MR) is 272 cm³/mol. The Kier molecular flexibility index (Phi) is 11.9. The quantitative estimate of drug-likeness (QED) is 0.114. The summed E-state index contributed by atoms with van der Waals surface area (Å²) in [6, 6.07) is 59.5. The Morgan fingerprint density at radius 3 is 1.90 bits per heavy atom. The Balaban J connectivity index is 1.23. The Morgan fingerprint density at radius 2 is 1.19 bits per heavy atom. The maximum Gasteiger partial charge on any atom is 0.0343 e. The Bertz CT molecular complexity index is 2980. The summed E-state index contributed by atoms with van der Waals surface area (Å²) in [5, 5.41) is 0. The standard InChI is InChI=1S/C63H56/c1-42-21-13-17-33-57(42)60-41-59(56-36-35-50-27-15-16-28-52(50)40-56)62(58-34-18-14-22-43(58)2)47(6)63(60)61(46(5)48-23-9-7-10-24-48)45(4)37-44(3)51-29-19-31-54(38-51)55-32-20-30-53(39-55)49-25-11-8-12-26-49/h7-14,16-26,28-35,37-41,56,61H,4-5,15,27,36H2,1-3,6H3/b44-37+. The second-order valence-corrected chi connectivity index (χ2v) is 17.4. The molecule has 0 bridgehead atoms.